The van der Waals surface area contributed by atoms with E-state index in [0.29, 0.717) is 18.1 Å². The Morgan fingerprint density at radius 2 is 2.00 bits per heavy atom. The second-order valence-electron chi connectivity index (χ2n) is 5.75. The lowest BCUT2D eigenvalue weighted by molar-refractivity contribution is 0.374. The van der Waals surface area contributed by atoms with E-state index in [2.05, 4.69) is 37.0 Å². The summed E-state index contributed by atoms with van der Waals surface area (Å²) in [6, 6.07) is 9.77. The molecular weight excluding hydrogens is 238 g/mol. The van der Waals surface area contributed by atoms with Crippen LogP contribution in [0.5, 0.6) is 0 Å². The molecule has 0 saturated carbocycles. The fourth-order valence-corrected chi connectivity index (χ4v) is 1.88. The Morgan fingerprint density at radius 3 is 2.68 bits per heavy atom. The van der Waals surface area contributed by atoms with Crippen LogP contribution in [0.15, 0.2) is 28.8 Å². The van der Waals surface area contributed by atoms with Gasteiger partial charge in [-0.2, -0.15) is 10.2 Å². The average molecular weight is 255 g/mol. The standard InChI is InChI=1S/C15H17N3O/c1-15(2,3)10-13-17-14(19-18-13)12-7-5-4-6-11(12)8-9-16/h4-7H,8,10H2,1-3H3. The van der Waals surface area contributed by atoms with Crippen LogP contribution in [0.25, 0.3) is 11.5 Å². The minimum Gasteiger partial charge on any atom is -0.334 e. The van der Waals surface area contributed by atoms with Crippen molar-refractivity contribution < 1.29 is 4.52 Å². The molecule has 0 fully saturated rings. The molecule has 1 heterocycles. The monoisotopic (exact) mass is 255 g/mol. The van der Waals surface area contributed by atoms with Crippen molar-refractivity contribution in [1.82, 2.24) is 10.1 Å². The van der Waals surface area contributed by atoms with Crippen molar-refractivity contribution in [3.63, 3.8) is 0 Å². The number of nitriles is 1. The van der Waals surface area contributed by atoms with Crippen molar-refractivity contribution in [2.45, 2.75) is 33.6 Å². The first-order chi connectivity index (χ1) is 8.99. The van der Waals surface area contributed by atoms with Gasteiger partial charge in [-0.05, 0) is 17.0 Å². The smallest absolute Gasteiger partial charge is 0.258 e. The van der Waals surface area contributed by atoms with Crippen LogP contribution >= 0.6 is 0 Å². The van der Waals surface area contributed by atoms with Crippen molar-refractivity contribution in [1.29, 1.82) is 5.26 Å². The Bertz CT molecular complexity index is 602. The highest BCUT2D eigenvalue weighted by atomic mass is 16.5. The van der Waals surface area contributed by atoms with E-state index >= 15 is 0 Å². The van der Waals surface area contributed by atoms with Crippen LogP contribution in [0.3, 0.4) is 0 Å². The number of benzene rings is 1. The van der Waals surface area contributed by atoms with Gasteiger partial charge < -0.3 is 4.52 Å². The first-order valence-electron chi connectivity index (χ1n) is 6.27. The highest BCUT2D eigenvalue weighted by Crippen LogP contribution is 2.24. The fraction of sp³-hybridized carbons (Fsp3) is 0.400. The predicted molar refractivity (Wildman–Crippen MR) is 72.2 cm³/mol. The van der Waals surface area contributed by atoms with Gasteiger partial charge in [-0.15, -0.1) is 0 Å². The zero-order chi connectivity index (χ0) is 13.9. The summed E-state index contributed by atoms with van der Waals surface area (Å²) >= 11 is 0. The summed E-state index contributed by atoms with van der Waals surface area (Å²) in [5.74, 6) is 1.19. The molecule has 1 aromatic heterocycles. The van der Waals surface area contributed by atoms with Crippen LogP contribution in [0.2, 0.25) is 0 Å². The van der Waals surface area contributed by atoms with Crippen molar-refractivity contribution in [2.75, 3.05) is 0 Å². The SMILES string of the molecule is CC(C)(C)Cc1noc(-c2ccccc2CC#N)n1. The molecule has 0 aliphatic rings. The lowest BCUT2D eigenvalue weighted by atomic mass is 9.92. The van der Waals surface area contributed by atoms with Crippen LogP contribution in [-0.2, 0) is 12.8 Å². The number of aromatic nitrogens is 2. The topological polar surface area (TPSA) is 62.7 Å². The third kappa shape index (κ3) is 3.41. The van der Waals surface area contributed by atoms with Gasteiger partial charge >= 0.3 is 0 Å². The summed E-state index contributed by atoms with van der Waals surface area (Å²) in [5, 5.41) is 12.8. The second-order valence-corrected chi connectivity index (χ2v) is 5.75. The second kappa shape index (κ2) is 5.23. The minimum absolute atomic E-state index is 0.118. The van der Waals surface area contributed by atoms with Crippen molar-refractivity contribution in [3.05, 3.63) is 35.7 Å². The van der Waals surface area contributed by atoms with Gasteiger partial charge in [0.2, 0.25) is 0 Å². The number of nitrogens with zero attached hydrogens (tertiary/aromatic N) is 3. The predicted octanol–water partition coefficient (Wildman–Crippen LogP) is 3.39. The van der Waals surface area contributed by atoms with Gasteiger partial charge in [0, 0.05) is 12.0 Å². The van der Waals surface area contributed by atoms with E-state index in [1.165, 1.54) is 0 Å². The number of hydrogen-bond donors (Lipinski definition) is 0. The normalized spacial score (nSPS) is 11.3. The summed E-state index contributed by atoms with van der Waals surface area (Å²) < 4.78 is 5.31. The summed E-state index contributed by atoms with van der Waals surface area (Å²) in [5.41, 5.74) is 1.88. The zero-order valence-electron chi connectivity index (χ0n) is 11.5. The van der Waals surface area contributed by atoms with Crippen molar-refractivity contribution in [3.8, 4) is 17.5 Å². The Kier molecular flexibility index (Phi) is 3.66. The minimum atomic E-state index is 0.118. The highest BCUT2D eigenvalue weighted by Gasteiger charge is 2.17. The molecule has 0 amide bonds. The third-order valence-corrected chi connectivity index (χ3v) is 2.67. The number of rotatable bonds is 3. The molecule has 0 aliphatic heterocycles. The van der Waals surface area contributed by atoms with E-state index in [1.54, 1.807) is 0 Å². The summed E-state index contributed by atoms with van der Waals surface area (Å²) in [6.45, 7) is 6.39. The third-order valence-electron chi connectivity index (χ3n) is 2.67. The maximum Gasteiger partial charge on any atom is 0.258 e. The Balaban J connectivity index is 2.31. The van der Waals surface area contributed by atoms with Crippen molar-refractivity contribution in [2.24, 2.45) is 5.41 Å². The molecule has 19 heavy (non-hydrogen) atoms. The van der Waals surface area contributed by atoms with Crippen LogP contribution in [0.4, 0.5) is 0 Å². The molecule has 0 bridgehead atoms. The van der Waals surface area contributed by atoms with E-state index in [4.69, 9.17) is 9.78 Å². The molecule has 1 aromatic carbocycles. The molecule has 0 saturated heterocycles. The molecule has 4 nitrogen and oxygen atoms in total. The first-order valence-corrected chi connectivity index (χ1v) is 6.27. The fourth-order valence-electron chi connectivity index (χ4n) is 1.88. The van der Waals surface area contributed by atoms with Gasteiger partial charge in [-0.25, -0.2) is 0 Å². The van der Waals surface area contributed by atoms with Gasteiger partial charge in [0.15, 0.2) is 5.82 Å². The molecule has 98 valence electrons. The quantitative estimate of drug-likeness (QED) is 0.843. The number of hydrogen-bond acceptors (Lipinski definition) is 4. The molecule has 0 radical (unpaired) electrons. The van der Waals surface area contributed by atoms with Crippen LogP contribution in [0, 0.1) is 16.7 Å². The Morgan fingerprint density at radius 1 is 1.26 bits per heavy atom. The molecule has 0 aliphatic carbocycles. The first kappa shape index (κ1) is 13.3. The van der Waals surface area contributed by atoms with Gasteiger partial charge in [0.1, 0.15) is 0 Å². The molecule has 2 rings (SSSR count). The Labute approximate surface area is 113 Å². The molecule has 0 atom stereocenters. The largest absolute Gasteiger partial charge is 0.334 e. The average Bonchev–Trinajstić information content (AvgIpc) is 2.76. The van der Waals surface area contributed by atoms with Crippen LogP contribution < -0.4 is 0 Å². The summed E-state index contributed by atoms with van der Waals surface area (Å²) in [6.07, 6.45) is 1.10. The molecule has 4 heteroatoms. The summed E-state index contributed by atoms with van der Waals surface area (Å²) in [7, 11) is 0. The van der Waals surface area contributed by atoms with Gasteiger partial charge in [0.05, 0.1) is 12.5 Å². The van der Waals surface area contributed by atoms with Crippen molar-refractivity contribution >= 4 is 0 Å². The van der Waals surface area contributed by atoms with Gasteiger partial charge in [-0.3, -0.25) is 0 Å². The van der Waals surface area contributed by atoms with E-state index in [1.807, 2.05) is 24.3 Å². The Hall–Kier alpha value is -2.15. The maximum atomic E-state index is 8.83. The zero-order valence-corrected chi connectivity index (χ0v) is 11.5. The lowest BCUT2D eigenvalue weighted by Gasteiger charge is -2.14. The molecule has 0 unspecified atom stereocenters. The molecule has 0 N–H and O–H groups in total. The highest BCUT2D eigenvalue weighted by molar-refractivity contribution is 5.59. The van der Waals surface area contributed by atoms with Crippen LogP contribution in [0.1, 0.15) is 32.2 Å². The molecule has 0 spiro atoms. The van der Waals surface area contributed by atoms with Gasteiger partial charge in [-0.1, -0.05) is 44.1 Å². The van der Waals surface area contributed by atoms with Gasteiger partial charge in [0.25, 0.3) is 5.89 Å². The van der Waals surface area contributed by atoms with E-state index in [-0.39, 0.29) is 5.41 Å². The van der Waals surface area contributed by atoms with E-state index < -0.39 is 0 Å². The van der Waals surface area contributed by atoms with E-state index in [9.17, 15) is 0 Å². The van der Waals surface area contributed by atoms with E-state index in [0.717, 1.165) is 17.5 Å². The molecular formula is C15H17N3O. The molecule has 2 aromatic rings. The lowest BCUT2D eigenvalue weighted by Crippen LogP contribution is -2.10. The summed E-state index contributed by atoms with van der Waals surface area (Å²) in [4.78, 5) is 4.42. The van der Waals surface area contributed by atoms with Crippen LogP contribution in [-0.4, -0.2) is 10.1 Å². The maximum absolute atomic E-state index is 8.83.